The lowest BCUT2D eigenvalue weighted by Crippen LogP contribution is -2.54. The third kappa shape index (κ3) is 5.18. The number of ether oxygens (including phenoxy) is 2. The van der Waals surface area contributed by atoms with Crippen LogP contribution in [0.2, 0.25) is 0 Å². The van der Waals surface area contributed by atoms with Gasteiger partial charge in [-0.2, -0.15) is 0 Å². The molecule has 0 spiro atoms. The van der Waals surface area contributed by atoms with Crippen LogP contribution in [0.5, 0.6) is 5.75 Å². The van der Waals surface area contributed by atoms with Crippen LogP contribution in [0.3, 0.4) is 0 Å². The average Bonchev–Trinajstić information content (AvgIpc) is 2.46. The Kier molecular flexibility index (Phi) is 5.95. The van der Waals surface area contributed by atoms with Gasteiger partial charge in [-0.15, -0.1) is 0 Å². The van der Waals surface area contributed by atoms with Crippen LogP contribution >= 0.6 is 15.9 Å². The maximum Gasteiger partial charge on any atom is 0.305 e. The van der Waals surface area contributed by atoms with Crippen LogP contribution in [0, 0.1) is 5.82 Å². The molecule has 1 aromatic carbocycles. The van der Waals surface area contributed by atoms with Crippen molar-refractivity contribution in [1.82, 2.24) is 5.32 Å². The highest BCUT2D eigenvalue weighted by Crippen LogP contribution is 2.26. The number of carbonyl (C=O) groups excluding carboxylic acids is 1. The van der Waals surface area contributed by atoms with E-state index in [0.717, 1.165) is 0 Å². The molecule has 8 heteroatoms. The standard InChI is InChI=1S/C15H17BrFNO5/c16-11-7-10(17)1-2-12(11)23-9-13(19)18-15(8-14(20)21)3-5-22-6-4-15/h1-2,7H,3-6,8-9H2,(H,18,19)(H,20,21). The molecular weight excluding hydrogens is 373 g/mol. The molecule has 1 fully saturated rings. The van der Waals surface area contributed by atoms with Gasteiger partial charge in [-0.25, -0.2) is 4.39 Å². The van der Waals surface area contributed by atoms with E-state index in [2.05, 4.69) is 21.2 Å². The number of hydrogen-bond acceptors (Lipinski definition) is 4. The molecule has 0 radical (unpaired) electrons. The van der Waals surface area contributed by atoms with Gasteiger partial charge in [0.25, 0.3) is 5.91 Å². The smallest absolute Gasteiger partial charge is 0.305 e. The molecule has 126 valence electrons. The van der Waals surface area contributed by atoms with Crippen molar-refractivity contribution < 1.29 is 28.6 Å². The summed E-state index contributed by atoms with van der Waals surface area (Å²) in [5.41, 5.74) is -0.815. The van der Waals surface area contributed by atoms with Gasteiger partial charge in [-0.05, 0) is 47.0 Å². The number of carbonyl (C=O) groups is 2. The maximum absolute atomic E-state index is 13.0. The van der Waals surface area contributed by atoms with Crippen molar-refractivity contribution >= 4 is 27.8 Å². The predicted octanol–water partition coefficient (Wildman–Crippen LogP) is 2.11. The van der Waals surface area contributed by atoms with Crippen LogP contribution in [-0.4, -0.2) is 42.3 Å². The summed E-state index contributed by atoms with van der Waals surface area (Å²) in [5, 5.41) is 11.8. The van der Waals surface area contributed by atoms with Crippen LogP contribution in [0.15, 0.2) is 22.7 Å². The highest BCUT2D eigenvalue weighted by atomic mass is 79.9. The zero-order valence-corrected chi connectivity index (χ0v) is 13.9. The lowest BCUT2D eigenvalue weighted by Gasteiger charge is -2.36. The second-order valence-electron chi connectivity index (χ2n) is 5.37. The molecule has 6 nitrogen and oxygen atoms in total. The predicted molar refractivity (Wildman–Crippen MR) is 82.8 cm³/mol. The Hall–Kier alpha value is -1.67. The van der Waals surface area contributed by atoms with E-state index in [9.17, 15) is 14.0 Å². The zero-order chi connectivity index (χ0) is 16.9. The van der Waals surface area contributed by atoms with E-state index in [1.165, 1.54) is 18.2 Å². The molecule has 1 aliphatic heterocycles. The number of hydrogen-bond donors (Lipinski definition) is 2. The number of halogens is 2. The van der Waals surface area contributed by atoms with Gasteiger partial charge in [-0.3, -0.25) is 9.59 Å². The van der Waals surface area contributed by atoms with E-state index in [1.54, 1.807) is 0 Å². The first-order valence-electron chi connectivity index (χ1n) is 7.09. The summed E-state index contributed by atoms with van der Waals surface area (Å²) in [5.74, 6) is -1.49. The summed E-state index contributed by atoms with van der Waals surface area (Å²) in [6.45, 7) is 0.516. The summed E-state index contributed by atoms with van der Waals surface area (Å²) in [7, 11) is 0. The highest BCUT2D eigenvalue weighted by Gasteiger charge is 2.36. The van der Waals surface area contributed by atoms with E-state index in [1.807, 2.05) is 0 Å². The van der Waals surface area contributed by atoms with Gasteiger partial charge >= 0.3 is 5.97 Å². The molecule has 0 aliphatic carbocycles. The number of carboxylic acids is 1. The Labute approximate surface area is 141 Å². The summed E-state index contributed by atoms with van der Waals surface area (Å²) in [4.78, 5) is 23.1. The molecule has 1 amide bonds. The Bertz CT molecular complexity index is 589. The molecule has 1 saturated heterocycles. The minimum Gasteiger partial charge on any atom is -0.483 e. The topological polar surface area (TPSA) is 84.9 Å². The molecule has 1 aromatic rings. The van der Waals surface area contributed by atoms with Gasteiger partial charge in [0.2, 0.25) is 0 Å². The number of benzene rings is 1. The lowest BCUT2D eigenvalue weighted by atomic mass is 9.86. The number of amides is 1. The van der Waals surface area contributed by atoms with Crippen molar-refractivity contribution in [2.45, 2.75) is 24.8 Å². The first-order chi connectivity index (χ1) is 10.9. The van der Waals surface area contributed by atoms with Gasteiger partial charge in [-0.1, -0.05) is 0 Å². The molecule has 2 N–H and O–H groups in total. The Balaban J connectivity index is 1.95. The maximum atomic E-state index is 13.0. The van der Waals surface area contributed by atoms with Crippen molar-refractivity contribution in [2.24, 2.45) is 0 Å². The molecule has 1 aliphatic rings. The number of aliphatic carboxylic acids is 1. The largest absolute Gasteiger partial charge is 0.483 e. The minimum absolute atomic E-state index is 0.164. The molecule has 0 aromatic heterocycles. The first kappa shape index (κ1) is 17.7. The van der Waals surface area contributed by atoms with Crippen molar-refractivity contribution in [3.63, 3.8) is 0 Å². The zero-order valence-electron chi connectivity index (χ0n) is 12.3. The molecule has 0 atom stereocenters. The van der Waals surface area contributed by atoms with Crippen molar-refractivity contribution in [3.05, 3.63) is 28.5 Å². The van der Waals surface area contributed by atoms with E-state index >= 15 is 0 Å². The Morgan fingerprint density at radius 2 is 2.09 bits per heavy atom. The van der Waals surface area contributed by atoms with Crippen LogP contribution in [0.4, 0.5) is 4.39 Å². The minimum atomic E-state index is -0.977. The van der Waals surface area contributed by atoms with Crippen molar-refractivity contribution in [2.75, 3.05) is 19.8 Å². The molecular formula is C15H17BrFNO5. The molecule has 2 rings (SSSR count). The SMILES string of the molecule is O=C(O)CC1(NC(=O)COc2ccc(F)cc2Br)CCOCC1. The lowest BCUT2D eigenvalue weighted by molar-refractivity contribution is -0.140. The normalized spacial score (nSPS) is 16.6. The molecule has 0 unspecified atom stereocenters. The highest BCUT2D eigenvalue weighted by molar-refractivity contribution is 9.10. The van der Waals surface area contributed by atoms with Crippen molar-refractivity contribution in [1.29, 1.82) is 0 Å². The van der Waals surface area contributed by atoms with Crippen LogP contribution in [-0.2, 0) is 14.3 Å². The molecule has 1 heterocycles. The van der Waals surface area contributed by atoms with E-state index in [0.29, 0.717) is 36.3 Å². The molecule has 0 saturated carbocycles. The summed E-state index contributed by atoms with van der Waals surface area (Å²) >= 11 is 3.15. The van der Waals surface area contributed by atoms with Gasteiger partial charge in [0.05, 0.1) is 16.4 Å². The van der Waals surface area contributed by atoms with Crippen LogP contribution < -0.4 is 10.1 Å². The first-order valence-corrected chi connectivity index (χ1v) is 7.88. The second kappa shape index (κ2) is 7.74. The van der Waals surface area contributed by atoms with Crippen LogP contribution in [0.25, 0.3) is 0 Å². The second-order valence-corrected chi connectivity index (χ2v) is 6.23. The average molecular weight is 390 g/mol. The summed E-state index contributed by atoms with van der Waals surface area (Å²) in [6.07, 6.45) is 0.707. The van der Waals surface area contributed by atoms with Gasteiger partial charge in [0, 0.05) is 13.2 Å². The molecule has 23 heavy (non-hydrogen) atoms. The van der Waals surface area contributed by atoms with Gasteiger partial charge in [0.1, 0.15) is 11.6 Å². The summed E-state index contributed by atoms with van der Waals surface area (Å²) in [6, 6.07) is 3.87. The van der Waals surface area contributed by atoms with Gasteiger partial charge in [0.15, 0.2) is 6.61 Å². The fraction of sp³-hybridized carbons (Fsp3) is 0.467. The quantitative estimate of drug-likeness (QED) is 0.778. The fourth-order valence-corrected chi connectivity index (χ4v) is 2.93. The number of carboxylic acid groups (broad SMARTS) is 1. The Morgan fingerprint density at radius 1 is 1.39 bits per heavy atom. The number of nitrogens with one attached hydrogen (secondary N) is 1. The monoisotopic (exact) mass is 389 g/mol. The van der Waals surface area contributed by atoms with E-state index in [4.69, 9.17) is 14.6 Å². The van der Waals surface area contributed by atoms with Crippen molar-refractivity contribution in [3.8, 4) is 5.75 Å². The Morgan fingerprint density at radius 3 is 2.70 bits per heavy atom. The van der Waals surface area contributed by atoms with E-state index in [-0.39, 0.29) is 13.0 Å². The van der Waals surface area contributed by atoms with Gasteiger partial charge < -0.3 is 19.9 Å². The third-order valence-corrected chi connectivity index (χ3v) is 4.22. The summed E-state index contributed by atoms with van der Waals surface area (Å²) < 4.78 is 24.0. The number of rotatable bonds is 6. The van der Waals surface area contributed by atoms with E-state index < -0.39 is 23.2 Å². The third-order valence-electron chi connectivity index (χ3n) is 3.60. The fourth-order valence-electron chi connectivity index (χ4n) is 2.46. The van der Waals surface area contributed by atoms with Crippen LogP contribution in [0.1, 0.15) is 19.3 Å². The molecule has 0 bridgehead atoms.